The fourth-order valence-corrected chi connectivity index (χ4v) is 4.42. The predicted octanol–water partition coefficient (Wildman–Crippen LogP) is 5.27. The molecule has 0 aliphatic carbocycles. The number of pyridine rings is 4. The van der Waals surface area contributed by atoms with Crippen LogP contribution in [0.25, 0.3) is 56.1 Å². The van der Waals surface area contributed by atoms with E-state index >= 15 is 0 Å². The van der Waals surface area contributed by atoms with Gasteiger partial charge in [0.1, 0.15) is 11.0 Å². The highest BCUT2D eigenvalue weighted by molar-refractivity contribution is 6.04. The summed E-state index contributed by atoms with van der Waals surface area (Å²) >= 11 is 0. The summed E-state index contributed by atoms with van der Waals surface area (Å²) < 4.78 is 0. The summed E-state index contributed by atoms with van der Waals surface area (Å²) in [5.74, 6) is 0.354. The summed E-state index contributed by atoms with van der Waals surface area (Å²) in [6, 6.07) is 20.4. The Hall–Kier alpha value is -5.77. The minimum absolute atomic E-state index is 0.209. The second-order valence-corrected chi connectivity index (χ2v) is 8.83. The number of imidazole rings is 1. The maximum atomic E-state index is 12.6. The number of carbonyl (C=O) groups excluding carboxylic acids is 1. The van der Waals surface area contributed by atoms with Crippen molar-refractivity contribution >= 4 is 33.7 Å². The molecule has 10 heteroatoms. The van der Waals surface area contributed by atoms with E-state index in [9.17, 15) is 4.79 Å². The van der Waals surface area contributed by atoms with Crippen LogP contribution >= 0.6 is 0 Å². The molecule has 10 nitrogen and oxygen atoms in total. The summed E-state index contributed by atoms with van der Waals surface area (Å²) in [7, 11) is 0. The van der Waals surface area contributed by atoms with Gasteiger partial charge in [-0.25, -0.2) is 9.97 Å². The molecule has 0 atom stereocenters. The third kappa shape index (κ3) is 4.15. The Balaban J connectivity index is 1.25. The van der Waals surface area contributed by atoms with Crippen molar-refractivity contribution in [2.45, 2.75) is 0 Å². The van der Waals surface area contributed by atoms with Crippen molar-refractivity contribution in [3.05, 3.63) is 103 Å². The Labute approximate surface area is 221 Å². The van der Waals surface area contributed by atoms with Gasteiger partial charge in [0.15, 0.2) is 11.5 Å². The Morgan fingerprint density at radius 1 is 0.769 bits per heavy atom. The summed E-state index contributed by atoms with van der Waals surface area (Å²) in [6.07, 6.45) is 8.54. The molecule has 0 fully saturated rings. The summed E-state index contributed by atoms with van der Waals surface area (Å²) in [5.41, 5.74) is 7.69. The standard InChI is InChI=1S/C29H19N9O/c39-29(17-6-2-1-3-7-17)33-19-12-18(13-30-14-19)21-9-10-23-26(34-21)27(38-37-23)28-35-24-16-31-15-20(25(24)36-28)22-8-4-5-11-32-22/h1-16H,(H,33,39)(H,35,36)(H,37,38). The molecule has 7 rings (SSSR count). The number of hydrogen-bond acceptors (Lipinski definition) is 7. The third-order valence-corrected chi connectivity index (χ3v) is 6.29. The second-order valence-electron chi connectivity index (χ2n) is 8.83. The topological polar surface area (TPSA) is 138 Å². The van der Waals surface area contributed by atoms with Crippen molar-refractivity contribution in [3.8, 4) is 34.0 Å². The van der Waals surface area contributed by atoms with Gasteiger partial charge in [-0.15, -0.1) is 0 Å². The molecular weight excluding hydrogens is 490 g/mol. The number of amides is 1. The average molecular weight is 510 g/mol. The van der Waals surface area contributed by atoms with Crippen molar-refractivity contribution in [2.75, 3.05) is 5.32 Å². The maximum Gasteiger partial charge on any atom is 0.255 e. The molecule has 6 heterocycles. The van der Waals surface area contributed by atoms with Gasteiger partial charge in [0, 0.05) is 35.3 Å². The lowest BCUT2D eigenvalue weighted by Crippen LogP contribution is -2.11. The van der Waals surface area contributed by atoms with Gasteiger partial charge in [-0.3, -0.25) is 24.8 Å². The zero-order valence-corrected chi connectivity index (χ0v) is 20.3. The Bertz CT molecular complexity index is 1960. The molecule has 0 aliphatic rings. The second kappa shape index (κ2) is 9.27. The van der Waals surface area contributed by atoms with Crippen LogP contribution in [0.1, 0.15) is 10.4 Å². The number of nitrogens with one attached hydrogen (secondary N) is 3. The number of nitrogens with zero attached hydrogens (tertiary/aromatic N) is 6. The van der Waals surface area contributed by atoms with E-state index in [1.807, 2.05) is 54.6 Å². The lowest BCUT2D eigenvalue weighted by molar-refractivity contribution is 0.102. The normalized spacial score (nSPS) is 11.2. The van der Waals surface area contributed by atoms with Gasteiger partial charge < -0.3 is 10.3 Å². The molecule has 0 aliphatic heterocycles. The Morgan fingerprint density at radius 3 is 2.51 bits per heavy atom. The van der Waals surface area contributed by atoms with Gasteiger partial charge in [0.2, 0.25) is 0 Å². The summed E-state index contributed by atoms with van der Waals surface area (Å²) in [4.78, 5) is 38.8. The number of aromatic nitrogens is 8. The van der Waals surface area contributed by atoms with Gasteiger partial charge >= 0.3 is 0 Å². The van der Waals surface area contributed by atoms with Gasteiger partial charge in [-0.1, -0.05) is 24.3 Å². The highest BCUT2D eigenvalue weighted by atomic mass is 16.1. The molecule has 7 aromatic rings. The zero-order valence-electron chi connectivity index (χ0n) is 20.3. The molecule has 0 bridgehead atoms. The van der Waals surface area contributed by atoms with Gasteiger partial charge in [0.05, 0.1) is 40.5 Å². The first-order valence-corrected chi connectivity index (χ1v) is 12.2. The molecule has 0 spiro atoms. The summed E-state index contributed by atoms with van der Waals surface area (Å²) in [6.45, 7) is 0. The maximum absolute atomic E-state index is 12.6. The van der Waals surface area contributed by atoms with E-state index < -0.39 is 0 Å². The minimum Gasteiger partial charge on any atom is -0.335 e. The zero-order chi connectivity index (χ0) is 26.2. The minimum atomic E-state index is -0.209. The number of aromatic amines is 2. The highest BCUT2D eigenvalue weighted by Crippen LogP contribution is 2.31. The van der Waals surface area contributed by atoms with Crippen molar-refractivity contribution in [3.63, 3.8) is 0 Å². The molecular formula is C29H19N9O. The van der Waals surface area contributed by atoms with Crippen LogP contribution in [0, 0.1) is 0 Å². The van der Waals surface area contributed by atoms with Crippen molar-refractivity contribution in [2.24, 2.45) is 0 Å². The number of benzene rings is 1. The van der Waals surface area contributed by atoms with Crippen LogP contribution in [0.3, 0.4) is 0 Å². The Morgan fingerprint density at radius 2 is 1.64 bits per heavy atom. The van der Waals surface area contributed by atoms with Crippen LogP contribution in [-0.2, 0) is 0 Å². The van der Waals surface area contributed by atoms with E-state index in [-0.39, 0.29) is 5.91 Å². The van der Waals surface area contributed by atoms with E-state index in [0.29, 0.717) is 34.0 Å². The van der Waals surface area contributed by atoms with Gasteiger partial charge in [-0.05, 0) is 42.5 Å². The number of rotatable bonds is 5. The molecule has 1 amide bonds. The number of hydrogen-bond donors (Lipinski definition) is 3. The van der Waals surface area contributed by atoms with E-state index in [0.717, 1.165) is 33.4 Å². The molecule has 0 saturated heterocycles. The highest BCUT2D eigenvalue weighted by Gasteiger charge is 2.17. The lowest BCUT2D eigenvalue weighted by atomic mass is 10.1. The molecule has 6 aromatic heterocycles. The predicted molar refractivity (Wildman–Crippen MR) is 148 cm³/mol. The number of carbonyl (C=O) groups is 1. The van der Waals surface area contributed by atoms with Crippen molar-refractivity contribution in [1.29, 1.82) is 0 Å². The molecule has 0 unspecified atom stereocenters. The fourth-order valence-electron chi connectivity index (χ4n) is 4.42. The first-order chi connectivity index (χ1) is 19.2. The van der Waals surface area contributed by atoms with E-state index in [2.05, 4.69) is 35.5 Å². The van der Waals surface area contributed by atoms with Crippen molar-refractivity contribution < 1.29 is 4.79 Å². The van der Waals surface area contributed by atoms with E-state index in [4.69, 9.17) is 9.97 Å². The van der Waals surface area contributed by atoms with Crippen LogP contribution in [0.15, 0.2) is 97.7 Å². The lowest BCUT2D eigenvalue weighted by Gasteiger charge is -2.07. The Kier molecular flexibility index (Phi) is 5.33. The van der Waals surface area contributed by atoms with Gasteiger partial charge in [-0.2, -0.15) is 5.10 Å². The monoisotopic (exact) mass is 509 g/mol. The SMILES string of the molecule is O=C(Nc1cncc(-c2ccc3[nH]nc(-c4nc5c(-c6ccccn6)cncc5[nH]4)c3n2)c1)c1ccccc1. The van der Waals surface area contributed by atoms with Crippen LogP contribution in [-0.4, -0.2) is 46.0 Å². The molecule has 39 heavy (non-hydrogen) atoms. The third-order valence-electron chi connectivity index (χ3n) is 6.29. The number of fused-ring (bicyclic) bond motifs is 2. The van der Waals surface area contributed by atoms with Crippen LogP contribution in [0.5, 0.6) is 0 Å². The van der Waals surface area contributed by atoms with Crippen LogP contribution in [0.4, 0.5) is 5.69 Å². The average Bonchev–Trinajstić information content (AvgIpc) is 3.62. The van der Waals surface area contributed by atoms with Crippen LogP contribution in [0.2, 0.25) is 0 Å². The van der Waals surface area contributed by atoms with E-state index in [1.54, 1.807) is 43.1 Å². The smallest absolute Gasteiger partial charge is 0.255 e. The number of anilines is 1. The van der Waals surface area contributed by atoms with Crippen LogP contribution < -0.4 is 5.32 Å². The summed E-state index contributed by atoms with van der Waals surface area (Å²) in [5, 5.41) is 10.4. The largest absolute Gasteiger partial charge is 0.335 e. The number of H-pyrrole nitrogens is 2. The van der Waals surface area contributed by atoms with E-state index in [1.165, 1.54) is 0 Å². The molecule has 0 saturated carbocycles. The fraction of sp³-hybridized carbons (Fsp3) is 0. The quantitative estimate of drug-likeness (QED) is 0.287. The first-order valence-electron chi connectivity index (χ1n) is 12.2. The van der Waals surface area contributed by atoms with Crippen molar-refractivity contribution in [1.82, 2.24) is 40.1 Å². The molecule has 1 aromatic carbocycles. The van der Waals surface area contributed by atoms with Gasteiger partial charge in [0.25, 0.3) is 5.91 Å². The first kappa shape index (κ1) is 22.4. The molecule has 0 radical (unpaired) electrons. The molecule has 186 valence electrons. The molecule has 3 N–H and O–H groups in total.